The molecular weight excluding hydrogens is 250 g/mol. The predicted molar refractivity (Wildman–Crippen MR) is 70.8 cm³/mol. The second-order valence-electron chi connectivity index (χ2n) is 4.46. The third-order valence-electron chi connectivity index (χ3n) is 2.50. The standard InChI is InChI=1S/C12H23N3O4/c1-15(2)10(16)9-14-12(19)13-8-6-4-3-5-7-11(17)18/h3-9H2,1-2H3,(H,17,18)(H2,13,14,19). The van der Waals surface area contributed by atoms with Gasteiger partial charge in [0.2, 0.25) is 5.91 Å². The molecular formula is C12H23N3O4. The normalized spacial score (nSPS) is 9.79. The Kier molecular flexibility index (Phi) is 9.20. The van der Waals surface area contributed by atoms with Crippen LogP contribution >= 0.6 is 0 Å². The minimum atomic E-state index is -0.775. The van der Waals surface area contributed by atoms with Crippen molar-refractivity contribution in [3.05, 3.63) is 0 Å². The molecule has 7 nitrogen and oxygen atoms in total. The maximum atomic E-state index is 11.3. The Morgan fingerprint density at radius 1 is 1.00 bits per heavy atom. The number of urea groups is 1. The molecule has 0 unspecified atom stereocenters. The van der Waals surface area contributed by atoms with Crippen LogP contribution in [0.4, 0.5) is 4.79 Å². The number of likely N-dealkylation sites (N-methyl/N-ethyl adjacent to an activating group) is 1. The lowest BCUT2D eigenvalue weighted by Crippen LogP contribution is -2.41. The van der Waals surface area contributed by atoms with Gasteiger partial charge < -0.3 is 20.6 Å². The number of carbonyl (C=O) groups is 3. The molecule has 0 heterocycles. The molecule has 0 fully saturated rings. The fourth-order valence-corrected chi connectivity index (χ4v) is 1.33. The summed E-state index contributed by atoms with van der Waals surface area (Å²) in [5.41, 5.74) is 0. The maximum Gasteiger partial charge on any atom is 0.315 e. The van der Waals surface area contributed by atoms with Gasteiger partial charge in [-0.25, -0.2) is 4.79 Å². The lowest BCUT2D eigenvalue weighted by molar-refractivity contribution is -0.137. The van der Waals surface area contributed by atoms with E-state index in [1.54, 1.807) is 14.1 Å². The van der Waals surface area contributed by atoms with E-state index in [1.165, 1.54) is 4.90 Å². The first-order chi connectivity index (χ1) is 8.93. The number of unbranched alkanes of at least 4 members (excludes halogenated alkanes) is 3. The van der Waals surface area contributed by atoms with Crippen LogP contribution in [0.3, 0.4) is 0 Å². The second kappa shape index (κ2) is 10.2. The van der Waals surface area contributed by atoms with E-state index in [1.807, 2.05) is 0 Å². The van der Waals surface area contributed by atoms with Crippen LogP contribution in [0.1, 0.15) is 32.1 Å². The lowest BCUT2D eigenvalue weighted by atomic mass is 10.1. The summed E-state index contributed by atoms with van der Waals surface area (Å²) in [6, 6.07) is -0.360. The smallest absolute Gasteiger partial charge is 0.315 e. The van der Waals surface area contributed by atoms with Gasteiger partial charge in [-0.05, 0) is 12.8 Å². The molecule has 110 valence electrons. The topological polar surface area (TPSA) is 98.7 Å². The highest BCUT2D eigenvalue weighted by atomic mass is 16.4. The van der Waals surface area contributed by atoms with Crippen LogP contribution in [-0.2, 0) is 9.59 Å². The first-order valence-electron chi connectivity index (χ1n) is 6.37. The van der Waals surface area contributed by atoms with Crippen molar-refractivity contribution in [3.8, 4) is 0 Å². The third kappa shape index (κ3) is 11.1. The van der Waals surface area contributed by atoms with Crippen molar-refractivity contribution in [2.75, 3.05) is 27.2 Å². The van der Waals surface area contributed by atoms with Gasteiger partial charge in [-0.3, -0.25) is 9.59 Å². The second-order valence-corrected chi connectivity index (χ2v) is 4.46. The largest absolute Gasteiger partial charge is 0.481 e. The molecule has 0 rings (SSSR count). The van der Waals surface area contributed by atoms with E-state index < -0.39 is 5.97 Å². The van der Waals surface area contributed by atoms with Crippen LogP contribution in [-0.4, -0.2) is 55.1 Å². The van der Waals surface area contributed by atoms with Gasteiger partial charge in [0, 0.05) is 27.1 Å². The average Bonchev–Trinajstić information content (AvgIpc) is 2.34. The summed E-state index contributed by atoms with van der Waals surface area (Å²) in [5.74, 6) is -0.938. The highest BCUT2D eigenvalue weighted by Gasteiger charge is 2.05. The Labute approximate surface area is 113 Å². The Morgan fingerprint density at radius 3 is 2.21 bits per heavy atom. The fraction of sp³-hybridized carbons (Fsp3) is 0.750. The number of carboxylic acids is 1. The molecule has 0 aromatic rings. The summed E-state index contributed by atoms with van der Waals surface area (Å²) in [6.07, 6.45) is 3.38. The van der Waals surface area contributed by atoms with E-state index in [0.29, 0.717) is 13.0 Å². The van der Waals surface area contributed by atoms with Crippen LogP contribution in [0.15, 0.2) is 0 Å². The first-order valence-corrected chi connectivity index (χ1v) is 6.37. The first kappa shape index (κ1) is 17.2. The van der Waals surface area contributed by atoms with Gasteiger partial charge in [-0.2, -0.15) is 0 Å². The number of amides is 3. The van der Waals surface area contributed by atoms with Crippen molar-refractivity contribution in [1.29, 1.82) is 0 Å². The number of rotatable bonds is 9. The Bertz CT molecular complexity index is 305. The number of nitrogens with zero attached hydrogens (tertiary/aromatic N) is 1. The monoisotopic (exact) mass is 273 g/mol. The summed E-state index contributed by atoms with van der Waals surface area (Å²) in [5, 5.41) is 13.5. The molecule has 0 bridgehead atoms. The van der Waals surface area contributed by atoms with Gasteiger partial charge in [-0.1, -0.05) is 12.8 Å². The molecule has 0 aliphatic rings. The van der Waals surface area contributed by atoms with Crippen molar-refractivity contribution in [2.24, 2.45) is 0 Å². The van der Waals surface area contributed by atoms with Gasteiger partial charge in [0.15, 0.2) is 0 Å². The van der Waals surface area contributed by atoms with Crippen LogP contribution in [0, 0.1) is 0 Å². The Balaban J connectivity index is 3.39. The van der Waals surface area contributed by atoms with Crippen molar-refractivity contribution in [1.82, 2.24) is 15.5 Å². The van der Waals surface area contributed by atoms with Gasteiger partial charge in [0.1, 0.15) is 0 Å². The van der Waals surface area contributed by atoms with Crippen molar-refractivity contribution in [2.45, 2.75) is 32.1 Å². The van der Waals surface area contributed by atoms with E-state index in [0.717, 1.165) is 19.3 Å². The van der Waals surface area contributed by atoms with Crippen molar-refractivity contribution >= 4 is 17.9 Å². The van der Waals surface area contributed by atoms with Gasteiger partial charge in [-0.15, -0.1) is 0 Å². The molecule has 0 radical (unpaired) electrons. The zero-order valence-corrected chi connectivity index (χ0v) is 11.6. The van der Waals surface area contributed by atoms with E-state index in [-0.39, 0.29) is 24.9 Å². The van der Waals surface area contributed by atoms with Crippen LogP contribution in [0.2, 0.25) is 0 Å². The minimum Gasteiger partial charge on any atom is -0.481 e. The molecule has 0 aliphatic heterocycles. The molecule has 3 N–H and O–H groups in total. The zero-order chi connectivity index (χ0) is 14.7. The molecule has 3 amide bonds. The van der Waals surface area contributed by atoms with Crippen LogP contribution in [0.5, 0.6) is 0 Å². The number of hydrogen-bond donors (Lipinski definition) is 3. The molecule has 0 atom stereocenters. The van der Waals surface area contributed by atoms with E-state index >= 15 is 0 Å². The Hall–Kier alpha value is -1.79. The number of aliphatic carboxylic acids is 1. The summed E-state index contributed by atoms with van der Waals surface area (Å²) >= 11 is 0. The number of carbonyl (C=O) groups excluding carboxylic acids is 2. The average molecular weight is 273 g/mol. The summed E-state index contributed by atoms with van der Waals surface area (Å²) < 4.78 is 0. The quantitative estimate of drug-likeness (QED) is 0.530. The molecule has 0 aromatic carbocycles. The number of hydrogen-bond acceptors (Lipinski definition) is 3. The van der Waals surface area contributed by atoms with Gasteiger partial charge >= 0.3 is 12.0 Å². The SMILES string of the molecule is CN(C)C(=O)CNC(=O)NCCCCCCC(=O)O. The Morgan fingerprint density at radius 2 is 1.63 bits per heavy atom. The summed E-state index contributed by atoms with van der Waals surface area (Å²) in [6.45, 7) is 0.506. The van der Waals surface area contributed by atoms with Gasteiger partial charge in [0.05, 0.1) is 6.54 Å². The van der Waals surface area contributed by atoms with Crippen molar-refractivity contribution in [3.63, 3.8) is 0 Å². The molecule has 0 aliphatic carbocycles. The summed E-state index contributed by atoms with van der Waals surface area (Å²) in [7, 11) is 3.25. The minimum absolute atomic E-state index is 0.0164. The van der Waals surface area contributed by atoms with E-state index in [2.05, 4.69) is 10.6 Å². The molecule has 19 heavy (non-hydrogen) atoms. The molecule has 7 heteroatoms. The van der Waals surface area contributed by atoms with Crippen molar-refractivity contribution < 1.29 is 19.5 Å². The number of carboxylic acid groups (broad SMARTS) is 1. The molecule has 0 spiro atoms. The zero-order valence-electron chi connectivity index (χ0n) is 11.6. The highest BCUT2D eigenvalue weighted by Crippen LogP contribution is 2.01. The third-order valence-corrected chi connectivity index (χ3v) is 2.50. The maximum absolute atomic E-state index is 11.3. The molecule has 0 aromatic heterocycles. The number of nitrogens with one attached hydrogen (secondary N) is 2. The highest BCUT2D eigenvalue weighted by molar-refractivity contribution is 5.83. The lowest BCUT2D eigenvalue weighted by Gasteiger charge is -2.11. The van der Waals surface area contributed by atoms with E-state index in [9.17, 15) is 14.4 Å². The molecule has 0 saturated carbocycles. The van der Waals surface area contributed by atoms with Crippen LogP contribution < -0.4 is 10.6 Å². The summed E-state index contributed by atoms with van der Waals surface area (Å²) in [4.78, 5) is 34.1. The van der Waals surface area contributed by atoms with E-state index in [4.69, 9.17) is 5.11 Å². The molecule has 0 saturated heterocycles. The fourth-order valence-electron chi connectivity index (χ4n) is 1.33. The predicted octanol–water partition coefficient (Wildman–Crippen LogP) is 0.409. The van der Waals surface area contributed by atoms with Crippen LogP contribution in [0.25, 0.3) is 0 Å². The van der Waals surface area contributed by atoms with Gasteiger partial charge in [0.25, 0.3) is 0 Å².